The fraction of sp³-hybridized carbons (Fsp3) is 0.444. The predicted molar refractivity (Wildman–Crippen MR) is 223 cm³/mol. The number of carbonyl (C=O) groups excluding carboxylic acids is 1. The Labute approximate surface area is 347 Å². The van der Waals surface area contributed by atoms with E-state index in [1.54, 1.807) is 29.3 Å². The molecule has 5 aliphatic rings. The molecule has 4 fully saturated rings. The number of fused-ring (bicyclic) bond motifs is 4. The first kappa shape index (κ1) is 39.3. The third-order valence-corrected chi connectivity index (χ3v) is 12.9. The summed E-state index contributed by atoms with van der Waals surface area (Å²) in [6, 6.07) is 12.1. The number of carbonyl (C=O) groups is 1. The van der Waals surface area contributed by atoms with Gasteiger partial charge in [0.25, 0.3) is 0 Å². The second-order valence-electron chi connectivity index (χ2n) is 16.8. The third kappa shape index (κ3) is 6.84. The monoisotopic (exact) mass is 815 g/mol. The van der Waals surface area contributed by atoms with Crippen LogP contribution >= 0.6 is 0 Å². The van der Waals surface area contributed by atoms with Crippen molar-refractivity contribution in [2.75, 3.05) is 72.1 Å². The molecule has 4 aromatic rings. The number of terminal acetylenes is 1. The molecule has 13 nitrogen and oxygen atoms in total. The first-order valence-electron chi connectivity index (χ1n) is 20.5. The van der Waals surface area contributed by atoms with Crippen LogP contribution in [0.5, 0.6) is 11.8 Å². The lowest BCUT2D eigenvalue weighted by Crippen LogP contribution is -2.56. The van der Waals surface area contributed by atoms with Gasteiger partial charge in [-0.05, 0) is 62.4 Å². The van der Waals surface area contributed by atoms with Gasteiger partial charge < -0.3 is 39.1 Å². The molecule has 4 saturated heterocycles. The smallest absolute Gasteiger partial charge is 0.318 e. The number of piperazine rings is 1. The number of phenols is 1. The van der Waals surface area contributed by atoms with Crippen molar-refractivity contribution in [2.45, 2.75) is 69.5 Å². The summed E-state index contributed by atoms with van der Waals surface area (Å²) in [6.45, 7) is 11.6. The Hall–Kier alpha value is -6.19. The highest BCUT2D eigenvalue weighted by molar-refractivity contribution is 6.00. The Morgan fingerprint density at radius 1 is 1.18 bits per heavy atom. The summed E-state index contributed by atoms with van der Waals surface area (Å²) in [7, 11) is 0. The zero-order valence-corrected chi connectivity index (χ0v) is 33.7. The number of morpholine rings is 1. The topological polar surface area (TPSA) is 134 Å². The zero-order chi connectivity index (χ0) is 41.9. The summed E-state index contributed by atoms with van der Waals surface area (Å²) < 4.78 is 42.7. The van der Waals surface area contributed by atoms with E-state index in [1.807, 2.05) is 28.9 Å². The van der Waals surface area contributed by atoms with E-state index in [0.717, 1.165) is 23.6 Å². The van der Waals surface area contributed by atoms with E-state index in [-0.39, 0.29) is 73.4 Å². The van der Waals surface area contributed by atoms with Crippen LogP contribution in [0.15, 0.2) is 55.3 Å². The Morgan fingerprint density at radius 2 is 2.03 bits per heavy atom. The van der Waals surface area contributed by atoms with Gasteiger partial charge in [0.15, 0.2) is 0 Å². The standard InChI is InChI=1S/C45H47F2N9O4/c1-5-34-36(47)9-7-28-16-33(57)17-38(42(28)34)52-12-11-35-37(23-52)50-44(51-43(35)53-22-32-15-29(19-48)39(24-53)56(32)41(58)6-2)60-26-45(4)18-30(46)21-55(45)31-8-10-40(49-20-31)54-13-14-59-25-27(54)3/h1,6-10,16-17,20,27,29-30,32,39,57H,2,11-15,18,21-26H2,3-4H3/t27-,29?,30-,32-,39-,45+/m1/s1. The number of benzene rings is 2. The van der Waals surface area contributed by atoms with Crippen LogP contribution in [0.2, 0.25) is 0 Å². The fourth-order valence-electron chi connectivity index (χ4n) is 10.1. The van der Waals surface area contributed by atoms with Gasteiger partial charge in [-0.25, -0.2) is 13.8 Å². The maximum absolute atomic E-state index is 15.4. The van der Waals surface area contributed by atoms with Crippen molar-refractivity contribution < 1.29 is 28.2 Å². The number of halogens is 2. The minimum absolute atomic E-state index is 0.0146. The zero-order valence-electron chi connectivity index (χ0n) is 33.7. The minimum Gasteiger partial charge on any atom is -0.508 e. The van der Waals surface area contributed by atoms with Gasteiger partial charge in [0.05, 0.1) is 85.1 Å². The molecule has 7 heterocycles. The number of aromatic hydroxyl groups is 1. The van der Waals surface area contributed by atoms with Crippen molar-refractivity contribution in [1.29, 1.82) is 5.26 Å². The number of hydrogen-bond donors (Lipinski definition) is 1. The first-order valence-corrected chi connectivity index (χ1v) is 20.5. The Kier molecular flexibility index (Phi) is 10.1. The van der Waals surface area contributed by atoms with Crippen LogP contribution < -0.4 is 24.3 Å². The van der Waals surface area contributed by atoms with E-state index in [2.05, 4.69) is 35.3 Å². The molecule has 6 atom stereocenters. The van der Waals surface area contributed by atoms with Crippen LogP contribution in [0.1, 0.15) is 43.5 Å². The molecule has 0 spiro atoms. The highest BCUT2D eigenvalue weighted by Gasteiger charge is 2.49. The molecule has 310 valence electrons. The van der Waals surface area contributed by atoms with Gasteiger partial charge in [-0.1, -0.05) is 18.6 Å². The number of rotatable bonds is 8. The molecular weight excluding hydrogens is 769 g/mol. The van der Waals surface area contributed by atoms with E-state index in [1.165, 1.54) is 12.1 Å². The number of amides is 1. The van der Waals surface area contributed by atoms with Gasteiger partial charge in [-0.2, -0.15) is 15.2 Å². The summed E-state index contributed by atoms with van der Waals surface area (Å²) in [5.74, 6) is 2.94. The highest BCUT2D eigenvalue weighted by atomic mass is 19.1. The van der Waals surface area contributed by atoms with E-state index in [0.29, 0.717) is 73.7 Å². The molecule has 5 aliphatic heterocycles. The Bertz CT molecular complexity index is 2440. The summed E-state index contributed by atoms with van der Waals surface area (Å²) in [6.07, 6.45) is 9.08. The molecule has 1 amide bonds. The molecule has 1 N–H and O–H groups in total. The Morgan fingerprint density at radius 3 is 2.78 bits per heavy atom. The van der Waals surface area contributed by atoms with Crippen LogP contribution in [-0.4, -0.2) is 113 Å². The third-order valence-electron chi connectivity index (χ3n) is 12.9. The van der Waals surface area contributed by atoms with Crippen LogP contribution in [-0.2, 0) is 22.5 Å². The van der Waals surface area contributed by atoms with Crippen LogP contribution in [0, 0.1) is 35.4 Å². The molecule has 0 saturated carbocycles. The van der Waals surface area contributed by atoms with Gasteiger partial charge in [0.1, 0.15) is 36.0 Å². The number of hydrogen-bond acceptors (Lipinski definition) is 12. The van der Waals surface area contributed by atoms with Crippen molar-refractivity contribution in [3.05, 3.63) is 77.9 Å². The van der Waals surface area contributed by atoms with Gasteiger partial charge in [0, 0.05) is 55.3 Å². The second kappa shape index (κ2) is 15.4. The number of alkyl halides is 1. The van der Waals surface area contributed by atoms with Crippen LogP contribution in [0.3, 0.4) is 0 Å². The average molecular weight is 816 g/mol. The molecule has 9 rings (SSSR count). The van der Waals surface area contributed by atoms with Crippen molar-refractivity contribution >= 4 is 39.7 Å². The van der Waals surface area contributed by atoms with Gasteiger partial charge in [-0.15, -0.1) is 6.42 Å². The molecule has 0 radical (unpaired) electrons. The molecule has 2 aromatic heterocycles. The number of aromatic nitrogens is 3. The SMILES string of the molecule is C#Cc1c(F)ccc2cc(O)cc(N3CCc4c(nc(OC[C@]5(C)C[C@@H](F)CN5c5ccc(N6CCOC[C@H]6C)nc5)nc4N4C[C@H]5CC(C#N)[C@@H](C4)N5C(=O)C=C)C3)c12. The maximum atomic E-state index is 15.4. The Balaban J connectivity index is 1.05. The lowest BCUT2D eigenvalue weighted by atomic mass is 9.98. The van der Waals surface area contributed by atoms with E-state index in [4.69, 9.17) is 30.8 Å². The van der Waals surface area contributed by atoms with Crippen molar-refractivity contribution in [1.82, 2.24) is 19.9 Å². The number of anilines is 4. The van der Waals surface area contributed by atoms with Crippen molar-refractivity contribution in [3.63, 3.8) is 0 Å². The van der Waals surface area contributed by atoms with E-state index >= 15 is 8.78 Å². The number of nitriles is 1. The average Bonchev–Trinajstić information content (AvgIpc) is 3.68. The molecular formula is C45H47F2N9O4. The maximum Gasteiger partial charge on any atom is 0.318 e. The van der Waals surface area contributed by atoms with Crippen molar-refractivity contribution in [3.8, 4) is 30.2 Å². The van der Waals surface area contributed by atoms with Gasteiger partial charge >= 0.3 is 6.01 Å². The van der Waals surface area contributed by atoms with Crippen LogP contribution in [0.25, 0.3) is 10.8 Å². The number of ether oxygens (including phenoxy) is 2. The van der Waals surface area contributed by atoms with Gasteiger partial charge in [-0.3, -0.25) is 4.79 Å². The summed E-state index contributed by atoms with van der Waals surface area (Å²) in [5, 5.41) is 22.0. The second-order valence-corrected chi connectivity index (χ2v) is 16.8. The fourth-order valence-corrected chi connectivity index (χ4v) is 10.1. The van der Waals surface area contributed by atoms with E-state index < -0.39 is 17.5 Å². The molecule has 1 unspecified atom stereocenters. The van der Waals surface area contributed by atoms with Crippen molar-refractivity contribution in [2.24, 2.45) is 5.92 Å². The predicted octanol–water partition coefficient (Wildman–Crippen LogP) is 5.14. The molecule has 2 bridgehead atoms. The molecule has 60 heavy (non-hydrogen) atoms. The first-order chi connectivity index (χ1) is 29.0. The molecule has 0 aliphatic carbocycles. The van der Waals surface area contributed by atoms with Crippen LogP contribution in [0.4, 0.5) is 31.8 Å². The lowest BCUT2D eigenvalue weighted by molar-refractivity contribution is -0.129. The largest absolute Gasteiger partial charge is 0.508 e. The molecule has 15 heteroatoms. The van der Waals surface area contributed by atoms with E-state index in [9.17, 15) is 15.2 Å². The summed E-state index contributed by atoms with van der Waals surface area (Å²) in [5.41, 5.74) is 2.25. The van der Waals surface area contributed by atoms with Gasteiger partial charge in [0.2, 0.25) is 5.91 Å². The normalized spacial score (nSPS) is 26.2. The number of nitrogens with zero attached hydrogens (tertiary/aromatic N) is 9. The number of phenolic OH excluding ortho intramolecular Hbond substituents is 1. The number of pyridine rings is 1. The summed E-state index contributed by atoms with van der Waals surface area (Å²) in [4.78, 5) is 37.9. The molecule has 2 aromatic carbocycles. The minimum atomic E-state index is -1.10. The quantitative estimate of drug-likeness (QED) is 0.187. The highest BCUT2D eigenvalue weighted by Crippen LogP contribution is 2.42. The lowest BCUT2D eigenvalue weighted by Gasteiger charge is -2.42. The summed E-state index contributed by atoms with van der Waals surface area (Å²) >= 11 is 0.